The molecule has 1 aromatic rings. The molecule has 1 aromatic carbocycles. The Morgan fingerprint density at radius 3 is 2.58 bits per heavy atom. The third kappa shape index (κ3) is 4.79. The predicted molar refractivity (Wildman–Crippen MR) is 71.5 cm³/mol. The van der Waals surface area contributed by atoms with Crippen molar-refractivity contribution in [1.82, 2.24) is 5.32 Å². The van der Waals surface area contributed by atoms with Crippen molar-refractivity contribution in [1.29, 1.82) is 0 Å². The third-order valence-corrected chi connectivity index (χ3v) is 2.94. The molecule has 0 bridgehead atoms. The highest BCUT2D eigenvalue weighted by molar-refractivity contribution is 6.33. The zero-order chi connectivity index (χ0) is 14.6. The van der Waals surface area contributed by atoms with Gasteiger partial charge in [-0.3, -0.25) is 9.59 Å². The molecule has 0 radical (unpaired) electrons. The van der Waals surface area contributed by atoms with Crippen LogP contribution in [0.3, 0.4) is 0 Å². The van der Waals surface area contributed by atoms with Crippen molar-refractivity contribution < 1.29 is 19.8 Å². The highest BCUT2D eigenvalue weighted by Crippen LogP contribution is 2.22. The summed E-state index contributed by atoms with van der Waals surface area (Å²) in [5.41, 5.74) is -0.519. The number of rotatable bonds is 5. The molecule has 0 atom stereocenters. The van der Waals surface area contributed by atoms with Crippen LogP contribution in [0.15, 0.2) is 18.2 Å². The Labute approximate surface area is 116 Å². The van der Waals surface area contributed by atoms with E-state index in [1.54, 1.807) is 13.8 Å². The van der Waals surface area contributed by atoms with Crippen LogP contribution in [-0.2, 0) is 4.79 Å². The molecule has 0 aliphatic rings. The minimum absolute atomic E-state index is 0.0406. The number of carboxylic acid groups (broad SMARTS) is 1. The molecule has 0 fully saturated rings. The number of amides is 1. The summed E-state index contributed by atoms with van der Waals surface area (Å²) in [6.07, 6.45) is 0.256. The van der Waals surface area contributed by atoms with Gasteiger partial charge < -0.3 is 15.5 Å². The van der Waals surface area contributed by atoms with Crippen LogP contribution in [0.25, 0.3) is 0 Å². The molecule has 0 aromatic heterocycles. The lowest BCUT2D eigenvalue weighted by atomic mass is 9.97. The van der Waals surface area contributed by atoms with E-state index in [4.69, 9.17) is 16.7 Å². The summed E-state index contributed by atoms with van der Waals surface area (Å²) in [4.78, 5) is 22.6. The number of carboxylic acids is 1. The first-order valence-electron chi connectivity index (χ1n) is 5.74. The largest absolute Gasteiger partial charge is 0.508 e. The van der Waals surface area contributed by atoms with Crippen LogP contribution in [0.5, 0.6) is 5.75 Å². The summed E-state index contributed by atoms with van der Waals surface area (Å²) in [7, 11) is 0. The standard InChI is InChI=1S/C13H16ClNO4/c1-13(2,6-5-11(17)18)15-12(19)9-7-8(16)3-4-10(9)14/h3-4,7,16H,5-6H2,1-2H3,(H,15,19)(H,17,18). The first-order chi connectivity index (χ1) is 8.71. The number of aliphatic carboxylic acids is 1. The normalized spacial score (nSPS) is 11.1. The molecular formula is C13H16ClNO4. The molecule has 1 rings (SSSR count). The van der Waals surface area contributed by atoms with Gasteiger partial charge >= 0.3 is 5.97 Å². The van der Waals surface area contributed by atoms with Crippen molar-refractivity contribution in [2.45, 2.75) is 32.2 Å². The summed E-state index contributed by atoms with van der Waals surface area (Å²) in [6.45, 7) is 3.45. The number of phenolic OH excluding ortho intramolecular Hbond substituents is 1. The average Bonchev–Trinajstić information content (AvgIpc) is 2.29. The first-order valence-corrected chi connectivity index (χ1v) is 6.12. The van der Waals surface area contributed by atoms with Crippen molar-refractivity contribution >= 4 is 23.5 Å². The molecule has 0 heterocycles. The molecular weight excluding hydrogens is 270 g/mol. The van der Waals surface area contributed by atoms with E-state index in [1.165, 1.54) is 18.2 Å². The van der Waals surface area contributed by atoms with Crippen molar-refractivity contribution in [3.63, 3.8) is 0 Å². The van der Waals surface area contributed by atoms with Gasteiger partial charge in [-0.15, -0.1) is 0 Å². The van der Waals surface area contributed by atoms with Gasteiger partial charge in [0.15, 0.2) is 0 Å². The summed E-state index contributed by atoms with van der Waals surface area (Å²) in [5, 5.41) is 20.9. The molecule has 3 N–H and O–H groups in total. The van der Waals surface area contributed by atoms with Gasteiger partial charge in [-0.2, -0.15) is 0 Å². The summed E-state index contributed by atoms with van der Waals surface area (Å²) in [6, 6.07) is 4.08. The fourth-order valence-corrected chi connectivity index (χ4v) is 1.75. The molecule has 1 amide bonds. The van der Waals surface area contributed by atoms with Crippen molar-refractivity contribution in [3.05, 3.63) is 28.8 Å². The lowest BCUT2D eigenvalue weighted by Gasteiger charge is -2.25. The second-order valence-corrected chi connectivity index (χ2v) is 5.30. The van der Waals surface area contributed by atoms with E-state index in [9.17, 15) is 14.7 Å². The van der Waals surface area contributed by atoms with Crippen LogP contribution < -0.4 is 5.32 Å². The fraction of sp³-hybridized carbons (Fsp3) is 0.385. The maximum absolute atomic E-state index is 12.0. The molecule has 6 heteroatoms. The minimum atomic E-state index is -0.919. The molecule has 0 aliphatic heterocycles. The molecule has 0 spiro atoms. The van der Waals surface area contributed by atoms with Crippen molar-refractivity contribution in [3.8, 4) is 5.75 Å². The molecule has 0 aliphatic carbocycles. The highest BCUT2D eigenvalue weighted by Gasteiger charge is 2.23. The van der Waals surface area contributed by atoms with E-state index < -0.39 is 17.4 Å². The lowest BCUT2D eigenvalue weighted by Crippen LogP contribution is -2.43. The third-order valence-electron chi connectivity index (χ3n) is 2.61. The summed E-state index contributed by atoms with van der Waals surface area (Å²) < 4.78 is 0. The van der Waals surface area contributed by atoms with E-state index >= 15 is 0 Å². The topological polar surface area (TPSA) is 86.6 Å². The smallest absolute Gasteiger partial charge is 0.303 e. The highest BCUT2D eigenvalue weighted by atomic mass is 35.5. The second kappa shape index (κ2) is 5.93. The summed E-state index contributed by atoms with van der Waals surface area (Å²) >= 11 is 5.88. The summed E-state index contributed by atoms with van der Waals surface area (Å²) in [5.74, 6) is -1.42. The van der Waals surface area contributed by atoms with Gasteiger partial charge in [-0.25, -0.2) is 0 Å². The minimum Gasteiger partial charge on any atom is -0.508 e. The Bertz CT molecular complexity index is 499. The Kier molecular flexibility index (Phi) is 4.78. The second-order valence-electron chi connectivity index (χ2n) is 4.90. The molecule has 19 heavy (non-hydrogen) atoms. The fourth-order valence-electron chi connectivity index (χ4n) is 1.54. The van der Waals surface area contributed by atoms with E-state index in [-0.39, 0.29) is 22.8 Å². The number of carbonyl (C=O) groups is 2. The van der Waals surface area contributed by atoms with Gasteiger partial charge in [-0.05, 0) is 38.5 Å². The van der Waals surface area contributed by atoms with Gasteiger partial charge in [0.25, 0.3) is 5.91 Å². The molecule has 104 valence electrons. The van der Waals surface area contributed by atoms with Gasteiger partial charge in [0, 0.05) is 12.0 Å². The van der Waals surface area contributed by atoms with Crippen molar-refractivity contribution in [2.24, 2.45) is 0 Å². The monoisotopic (exact) mass is 285 g/mol. The molecule has 0 saturated carbocycles. The quantitative estimate of drug-likeness (QED) is 0.775. The number of hydrogen-bond acceptors (Lipinski definition) is 3. The zero-order valence-corrected chi connectivity index (χ0v) is 11.5. The predicted octanol–water partition coefficient (Wildman–Crippen LogP) is 2.42. The maximum atomic E-state index is 12.0. The van der Waals surface area contributed by atoms with Crippen LogP contribution in [0.1, 0.15) is 37.0 Å². The SMILES string of the molecule is CC(C)(CCC(=O)O)NC(=O)c1cc(O)ccc1Cl. The van der Waals surface area contributed by atoms with E-state index in [0.717, 1.165) is 0 Å². The van der Waals surface area contributed by atoms with Crippen molar-refractivity contribution in [2.75, 3.05) is 0 Å². The number of phenols is 1. The number of halogens is 1. The number of hydrogen-bond donors (Lipinski definition) is 3. The van der Waals surface area contributed by atoms with Crippen LogP contribution >= 0.6 is 11.6 Å². The first kappa shape index (κ1) is 15.3. The van der Waals surface area contributed by atoms with E-state index in [1.807, 2.05) is 0 Å². The van der Waals surface area contributed by atoms with Crippen LogP contribution in [0, 0.1) is 0 Å². The Hall–Kier alpha value is -1.75. The number of nitrogens with one attached hydrogen (secondary N) is 1. The average molecular weight is 286 g/mol. The molecule has 0 unspecified atom stereocenters. The molecule has 5 nitrogen and oxygen atoms in total. The Morgan fingerprint density at radius 2 is 2.00 bits per heavy atom. The zero-order valence-electron chi connectivity index (χ0n) is 10.7. The molecule has 0 saturated heterocycles. The van der Waals surface area contributed by atoms with Gasteiger partial charge in [-0.1, -0.05) is 11.6 Å². The van der Waals surface area contributed by atoms with E-state index in [2.05, 4.69) is 5.32 Å². The number of aromatic hydroxyl groups is 1. The van der Waals surface area contributed by atoms with Gasteiger partial charge in [0.1, 0.15) is 5.75 Å². The van der Waals surface area contributed by atoms with E-state index in [0.29, 0.717) is 6.42 Å². The lowest BCUT2D eigenvalue weighted by molar-refractivity contribution is -0.137. The number of carbonyl (C=O) groups excluding carboxylic acids is 1. The number of benzene rings is 1. The van der Waals surface area contributed by atoms with Gasteiger partial charge in [0.05, 0.1) is 10.6 Å². The van der Waals surface area contributed by atoms with Crippen LogP contribution in [0.2, 0.25) is 5.02 Å². The van der Waals surface area contributed by atoms with Crippen LogP contribution in [-0.4, -0.2) is 27.6 Å². The van der Waals surface area contributed by atoms with Gasteiger partial charge in [0.2, 0.25) is 0 Å². The maximum Gasteiger partial charge on any atom is 0.303 e. The Balaban J connectivity index is 2.78. The van der Waals surface area contributed by atoms with Crippen LogP contribution in [0.4, 0.5) is 0 Å². The Morgan fingerprint density at radius 1 is 1.37 bits per heavy atom.